The van der Waals surface area contributed by atoms with Gasteiger partial charge in [0.05, 0.1) is 0 Å². The number of hydrogen-bond acceptors (Lipinski definition) is 1. The molecular formula is C11H15FS. The molecule has 13 heavy (non-hydrogen) atoms. The normalized spacial score (nSPS) is 10.3. The van der Waals surface area contributed by atoms with Crippen LogP contribution in [-0.4, -0.2) is 5.75 Å². The lowest BCUT2D eigenvalue weighted by Gasteiger charge is -2.00. The van der Waals surface area contributed by atoms with E-state index in [9.17, 15) is 4.39 Å². The first-order valence-corrected chi connectivity index (χ1v) is 5.70. The predicted molar refractivity (Wildman–Crippen MR) is 56.6 cm³/mol. The van der Waals surface area contributed by atoms with Gasteiger partial charge in [-0.25, -0.2) is 4.39 Å². The van der Waals surface area contributed by atoms with Crippen LogP contribution in [0.3, 0.4) is 0 Å². The average Bonchev–Trinajstić information content (AvgIpc) is 2.13. The lowest BCUT2D eigenvalue weighted by atomic mass is 10.3. The van der Waals surface area contributed by atoms with Crippen LogP contribution in [0.15, 0.2) is 29.2 Å². The van der Waals surface area contributed by atoms with Crippen LogP contribution in [-0.2, 0) is 0 Å². The maximum atomic E-state index is 12.7. The van der Waals surface area contributed by atoms with Gasteiger partial charge in [0, 0.05) is 4.90 Å². The Morgan fingerprint density at radius 2 is 2.15 bits per heavy atom. The van der Waals surface area contributed by atoms with Crippen LogP contribution in [0, 0.1) is 5.82 Å². The van der Waals surface area contributed by atoms with Crippen molar-refractivity contribution in [1.82, 2.24) is 0 Å². The molecule has 1 aromatic rings. The minimum atomic E-state index is -0.138. The monoisotopic (exact) mass is 198 g/mol. The first kappa shape index (κ1) is 10.6. The third-order valence-corrected chi connectivity index (χ3v) is 2.89. The molecule has 0 aliphatic rings. The first-order valence-electron chi connectivity index (χ1n) is 4.71. The summed E-state index contributed by atoms with van der Waals surface area (Å²) in [5, 5.41) is 0. The van der Waals surface area contributed by atoms with E-state index in [0.29, 0.717) is 0 Å². The number of thioether (sulfide) groups is 1. The van der Waals surface area contributed by atoms with Crippen molar-refractivity contribution in [3.8, 4) is 0 Å². The Hall–Kier alpha value is -0.500. The Morgan fingerprint density at radius 3 is 2.85 bits per heavy atom. The van der Waals surface area contributed by atoms with Gasteiger partial charge in [0.1, 0.15) is 5.82 Å². The van der Waals surface area contributed by atoms with Gasteiger partial charge in [-0.3, -0.25) is 0 Å². The topological polar surface area (TPSA) is 0 Å². The highest BCUT2D eigenvalue weighted by Crippen LogP contribution is 2.19. The highest BCUT2D eigenvalue weighted by molar-refractivity contribution is 7.99. The summed E-state index contributed by atoms with van der Waals surface area (Å²) in [6, 6.07) is 6.80. The van der Waals surface area contributed by atoms with Crippen LogP contribution < -0.4 is 0 Å². The summed E-state index contributed by atoms with van der Waals surface area (Å²) in [6.07, 6.45) is 3.73. The largest absolute Gasteiger partial charge is 0.207 e. The molecule has 1 aromatic carbocycles. The molecular weight excluding hydrogens is 183 g/mol. The Morgan fingerprint density at radius 1 is 1.31 bits per heavy atom. The van der Waals surface area contributed by atoms with Gasteiger partial charge >= 0.3 is 0 Å². The van der Waals surface area contributed by atoms with E-state index >= 15 is 0 Å². The third kappa shape index (κ3) is 4.32. The summed E-state index contributed by atoms with van der Waals surface area (Å²) in [5.74, 6) is 0.956. The third-order valence-electron chi connectivity index (χ3n) is 1.81. The van der Waals surface area contributed by atoms with Gasteiger partial charge in [0.2, 0.25) is 0 Å². The Bertz CT molecular complexity index is 248. The van der Waals surface area contributed by atoms with Crippen LogP contribution in [0.5, 0.6) is 0 Å². The molecule has 0 heterocycles. The quantitative estimate of drug-likeness (QED) is 0.507. The summed E-state index contributed by atoms with van der Waals surface area (Å²) < 4.78 is 12.7. The second-order valence-electron chi connectivity index (χ2n) is 3.01. The van der Waals surface area contributed by atoms with E-state index in [4.69, 9.17) is 0 Å². The molecule has 0 amide bonds. The molecule has 0 aromatic heterocycles. The van der Waals surface area contributed by atoms with Crippen molar-refractivity contribution in [2.45, 2.75) is 31.1 Å². The molecule has 0 nitrogen and oxygen atoms in total. The number of benzene rings is 1. The second-order valence-corrected chi connectivity index (χ2v) is 4.18. The molecule has 1 rings (SSSR count). The minimum absolute atomic E-state index is 0.138. The second kappa shape index (κ2) is 6.03. The van der Waals surface area contributed by atoms with Gasteiger partial charge in [-0.15, -0.1) is 11.8 Å². The van der Waals surface area contributed by atoms with Crippen molar-refractivity contribution in [2.75, 3.05) is 5.75 Å². The van der Waals surface area contributed by atoms with Gasteiger partial charge in [-0.2, -0.15) is 0 Å². The summed E-state index contributed by atoms with van der Waals surface area (Å²) in [6.45, 7) is 2.19. The maximum Gasteiger partial charge on any atom is 0.124 e. The molecule has 0 aliphatic carbocycles. The molecule has 0 atom stereocenters. The van der Waals surface area contributed by atoms with Crippen LogP contribution >= 0.6 is 11.8 Å². The summed E-state index contributed by atoms with van der Waals surface area (Å²) >= 11 is 1.73. The molecule has 2 heteroatoms. The van der Waals surface area contributed by atoms with Crippen molar-refractivity contribution in [2.24, 2.45) is 0 Å². The fourth-order valence-electron chi connectivity index (χ4n) is 1.10. The number of halogens is 1. The van der Waals surface area contributed by atoms with E-state index in [1.165, 1.54) is 25.3 Å². The molecule has 0 bridgehead atoms. The van der Waals surface area contributed by atoms with Gasteiger partial charge in [-0.1, -0.05) is 25.8 Å². The zero-order valence-electron chi connectivity index (χ0n) is 7.92. The van der Waals surface area contributed by atoms with Gasteiger partial charge in [-0.05, 0) is 30.4 Å². The molecule has 0 spiro atoms. The van der Waals surface area contributed by atoms with E-state index in [2.05, 4.69) is 6.92 Å². The Balaban J connectivity index is 2.28. The van der Waals surface area contributed by atoms with Crippen molar-refractivity contribution in [1.29, 1.82) is 0 Å². The average molecular weight is 198 g/mol. The maximum absolute atomic E-state index is 12.7. The van der Waals surface area contributed by atoms with Crippen LogP contribution in [0.4, 0.5) is 4.39 Å². The fourth-order valence-corrected chi connectivity index (χ4v) is 2.05. The highest BCUT2D eigenvalue weighted by Gasteiger charge is 1.95. The van der Waals surface area contributed by atoms with E-state index < -0.39 is 0 Å². The van der Waals surface area contributed by atoms with Gasteiger partial charge in [0.25, 0.3) is 0 Å². The first-order chi connectivity index (χ1) is 6.33. The molecule has 72 valence electrons. The van der Waals surface area contributed by atoms with Crippen molar-refractivity contribution in [3.63, 3.8) is 0 Å². The van der Waals surface area contributed by atoms with E-state index in [1.54, 1.807) is 23.9 Å². The van der Waals surface area contributed by atoms with Crippen LogP contribution in [0.2, 0.25) is 0 Å². The molecule has 0 aliphatic heterocycles. The summed E-state index contributed by atoms with van der Waals surface area (Å²) in [7, 11) is 0. The van der Waals surface area contributed by atoms with Gasteiger partial charge in [0.15, 0.2) is 0 Å². The van der Waals surface area contributed by atoms with E-state index in [0.717, 1.165) is 10.6 Å². The Kier molecular flexibility index (Phi) is 4.91. The lowest BCUT2D eigenvalue weighted by molar-refractivity contribution is 0.624. The van der Waals surface area contributed by atoms with Crippen molar-refractivity contribution in [3.05, 3.63) is 30.1 Å². The van der Waals surface area contributed by atoms with Gasteiger partial charge < -0.3 is 0 Å². The van der Waals surface area contributed by atoms with Crippen LogP contribution in [0.25, 0.3) is 0 Å². The summed E-state index contributed by atoms with van der Waals surface area (Å²) in [5.41, 5.74) is 0. The zero-order chi connectivity index (χ0) is 9.52. The van der Waals surface area contributed by atoms with Crippen LogP contribution in [0.1, 0.15) is 26.2 Å². The Labute approximate surface area is 83.5 Å². The molecule has 0 fully saturated rings. The van der Waals surface area contributed by atoms with Crippen molar-refractivity contribution >= 4 is 11.8 Å². The van der Waals surface area contributed by atoms with E-state index in [-0.39, 0.29) is 5.82 Å². The lowest BCUT2D eigenvalue weighted by Crippen LogP contribution is -1.80. The molecule has 0 N–H and O–H groups in total. The number of unbranched alkanes of at least 4 members (excludes halogenated alkanes) is 2. The number of hydrogen-bond donors (Lipinski definition) is 0. The van der Waals surface area contributed by atoms with E-state index in [1.807, 2.05) is 6.07 Å². The minimum Gasteiger partial charge on any atom is -0.207 e. The SMILES string of the molecule is CCCCCSc1cccc(F)c1. The smallest absolute Gasteiger partial charge is 0.124 e. The molecule has 0 saturated carbocycles. The molecule has 0 unspecified atom stereocenters. The standard InChI is InChI=1S/C11H15FS/c1-2-3-4-8-13-11-7-5-6-10(12)9-11/h5-7,9H,2-4,8H2,1H3. The molecule has 0 saturated heterocycles. The predicted octanol–water partition coefficient (Wildman–Crippen LogP) is 4.11. The highest BCUT2D eigenvalue weighted by atomic mass is 32.2. The zero-order valence-corrected chi connectivity index (χ0v) is 8.74. The van der Waals surface area contributed by atoms with Crippen molar-refractivity contribution < 1.29 is 4.39 Å². The fraction of sp³-hybridized carbons (Fsp3) is 0.455. The molecule has 0 radical (unpaired) electrons. The summed E-state index contributed by atoms with van der Waals surface area (Å²) in [4.78, 5) is 1.04. The number of rotatable bonds is 5.